The fraction of sp³-hybridized carbons (Fsp3) is 0.0588. The summed E-state index contributed by atoms with van der Waals surface area (Å²) in [4.78, 5) is 2.33. The van der Waals surface area contributed by atoms with E-state index >= 15 is 0 Å². The first-order valence-electron chi connectivity index (χ1n) is 13.6. The van der Waals surface area contributed by atoms with Crippen molar-refractivity contribution in [3.05, 3.63) is 121 Å². The lowest BCUT2D eigenvalue weighted by Crippen LogP contribution is -1.96. The lowest BCUT2D eigenvalue weighted by atomic mass is 10.0. The first-order chi connectivity index (χ1) is 21.8. The van der Waals surface area contributed by atoms with E-state index in [1.54, 1.807) is 117 Å². The molecule has 4 aromatic carbocycles. The van der Waals surface area contributed by atoms with Crippen LogP contribution in [0.1, 0.15) is 0 Å². The maximum atomic E-state index is 13.8. The Kier molecular flexibility index (Phi) is 9.30. The maximum absolute atomic E-state index is 13.8. The fourth-order valence-corrected chi connectivity index (χ4v) is 11.1. The standard InChI is InChI=1S/C34H24F2O4S6/c1-45(37,38)27-15-7-21(8-16-27)29-19-31(41-33(29)23-3-11-25(35)12-4-23)43-44-32-20-30(22-9-17-28(18-10-22)46(2,39)40)34(42-32)24-5-13-26(36)14-6-24/h3-20H,1-2H3. The topological polar surface area (TPSA) is 68.3 Å². The monoisotopic (exact) mass is 726 g/mol. The third kappa shape index (κ3) is 7.32. The number of hydrogen-bond acceptors (Lipinski definition) is 8. The molecule has 0 N–H and O–H groups in total. The molecule has 2 aromatic heterocycles. The average molecular weight is 727 g/mol. The van der Waals surface area contributed by atoms with Gasteiger partial charge in [-0.3, -0.25) is 0 Å². The molecular weight excluding hydrogens is 703 g/mol. The second kappa shape index (κ2) is 13.1. The Bertz CT molecular complexity index is 2080. The van der Waals surface area contributed by atoms with E-state index in [0.717, 1.165) is 51.6 Å². The number of benzene rings is 4. The molecule has 0 aliphatic heterocycles. The van der Waals surface area contributed by atoms with Gasteiger partial charge in [-0.05, 0) is 105 Å². The van der Waals surface area contributed by atoms with Gasteiger partial charge in [0.1, 0.15) is 11.6 Å². The predicted octanol–water partition coefficient (Wildman–Crippen LogP) is 10.4. The van der Waals surface area contributed by atoms with E-state index in [-0.39, 0.29) is 21.4 Å². The van der Waals surface area contributed by atoms with Gasteiger partial charge in [0, 0.05) is 33.4 Å². The third-order valence-corrected chi connectivity index (χ3v) is 14.8. The SMILES string of the molecule is CS(=O)(=O)c1ccc(-c2cc(SSc3cc(-c4ccc(S(C)(=O)=O)cc4)c(-c4ccc(F)cc4)s3)sc2-c2ccc(F)cc2)cc1. The van der Waals surface area contributed by atoms with Crippen molar-refractivity contribution in [1.82, 2.24) is 0 Å². The van der Waals surface area contributed by atoms with E-state index < -0.39 is 19.7 Å². The van der Waals surface area contributed by atoms with Gasteiger partial charge in [-0.15, -0.1) is 22.7 Å². The van der Waals surface area contributed by atoms with E-state index in [1.807, 2.05) is 0 Å². The van der Waals surface area contributed by atoms with Crippen LogP contribution in [0.15, 0.2) is 127 Å². The minimum atomic E-state index is -3.35. The van der Waals surface area contributed by atoms with Crippen molar-refractivity contribution in [3.8, 4) is 43.1 Å². The van der Waals surface area contributed by atoms with Crippen LogP contribution in [0.4, 0.5) is 8.78 Å². The Labute approximate surface area is 282 Å². The first kappa shape index (κ1) is 32.7. The van der Waals surface area contributed by atoms with E-state index in [2.05, 4.69) is 12.1 Å². The van der Waals surface area contributed by atoms with Crippen molar-refractivity contribution in [2.75, 3.05) is 12.5 Å². The number of sulfone groups is 2. The summed E-state index contributed by atoms with van der Waals surface area (Å²) in [6, 6.07) is 30.2. The van der Waals surface area contributed by atoms with Crippen molar-refractivity contribution in [2.45, 2.75) is 18.2 Å². The van der Waals surface area contributed by atoms with Gasteiger partial charge in [-0.2, -0.15) is 0 Å². The Hall–Kier alpha value is -3.26. The quantitative estimate of drug-likeness (QED) is 0.138. The van der Waals surface area contributed by atoms with Crippen molar-refractivity contribution < 1.29 is 25.6 Å². The zero-order valence-corrected chi connectivity index (χ0v) is 29.1. The summed E-state index contributed by atoms with van der Waals surface area (Å²) >= 11 is 3.12. The Morgan fingerprint density at radius 2 is 0.783 bits per heavy atom. The van der Waals surface area contributed by atoms with Gasteiger partial charge in [-0.25, -0.2) is 25.6 Å². The molecule has 0 unspecified atom stereocenters. The highest BCUT2D eigenvalue weighted by Crippen LogP contribution is 2.51. The lowest BCUT2D eigenvalue weighted by Gasteiger charge is -2.06. The first-order valence-corrected chi connectivity index (χ1v) is 21.2. The smallest absolute Gasteiger partial charge is 0.175 e. The summed E-state index contributed by atoms with van der Waals surface area (Å²) in [7, 11) is -3.56. The van der Waals surface area contributed by atoms with Gasteiger partial charge in [0.05, 0.1) is 18.2 Å². The van der Waals surface area contributed by atoms with Crippen LogP contribution in [0.3, 0.4) is 0 Å². The van der Waals surface area contributed by atoms with Crippen molar-refractivity contribution in [2.24, 2.45) is 0 Å². The second-order valence-electron chi connectivity index (χ2n) is 10.4. The highest BCUT2D eigenvalue weighted by atomic mass is 33.1. The van der Waals surface area contributed by atoms with Gasteiger partial charge >= 0.3 is 0 Å². The summed E-state index contributed by atoms with van der Waals surface area (Å²) < 4.78 is 77.6. The molecule has 0 fully saturated rings. The Morgan fingerprint density at radius 1 is 0.478 bits per heavy atom. The zero-order valence-electron chi connectivity index (χ0n) is 24.2. The van der Waals surface area contributed by atoms with E-state index in [1.165, 1.54) is 36.8 Å². The van der Waals surface area contributed by atoms with Crippen LogP contribution in [0.2, 0.25) is 0 Å². The molecule has 0 amide bonds. The summed E-state index contributed by atoms with van der Waals surface area (Å²) in [5.74, 6) is -0.665. The molecule has 0 saturated heterocycles. The van der Waals surface area contributed by atoms with Gasteiger partial charge in [0.25, 0.3) is 0 Å². The fourth-order valence-electron chi connectivity index (χ4n) is 4.72. The second-order valence-corrected chi connectivity index (χ2v) is 19.3. The Balaban J connectivity index is 1.35. The van der Waals surface area contributed by atoms with Crippen molar-refractivity contribution in [1.29, 1.82) is 0 Å². The number of thiophene rings is 2. The van der Waals surface area contributed by atoms with Crippen molar-refractivity contribution in [3.63, 3.8) is 0 Å². The van der Waals surface area contributed by atoms with Gasteiger partial charge in [0.15, 0.2) is 19.7 Å². The van der Waals surface area contributed by atoms with E-state index in [4.69, 9.17) is 0 Å². The Morgan fingerprint density at radius 3 is 1.09 bits per heavy atom. The molecule has 0 bridgehead atoms. The number of rotatable bonds is 9. The third-order valence-electron chi connectivity index (χ3n) is 7.02. The van der Waals surface area contributed by atoms with Gasteiger partial charge in [-0.1, -0.05) is 48.5 Å². The highest BCUT2D eigenvalue weighted by molar-refractivity contribution is 8.77. The van der Waals surface area contributed by atoms with Crippen LogP contribution in [-0.4, -0.2) is 29.3 Å². The number of halogens is 2. The summed E-state index contributed by atoms with van der Waals surface area (Å²) in [6.07, 6.45) is 2.34. The van der Waals surface area contributed by atoms with Crippen molar-refractivity contribution >= 4 is 63.9 Å². The molecule has 0 spiro atoms. The summed E-state index contributed by atoms with van der Waals surface area (Å²) in [6.45, 7) is 0. The normalized spacial score (nSPS) is 12.0. The molecule has 6 aromatic rings. The molecular formula is C34H24F2O4S6. The molecule has 0 atom stereocenters. The van der Waals surface area contributed by atoms with E-state index in [0.29, 0.717) is 0 Å². The molecule has 0 aliphatic carbocycles. The largest absolute Gasteiger partial charge is 0.224 e. The highest BCUT2D eigenvalue weighted by Gasteiger charge is 2.18. The van der Waals surface area contributed by atoms with Crippen LogP contribution in [-0.2, 0) is 19.7 Å². The molecule has 0 saturated carbocycles. The van der Waals surface area contributed by atoms with Crippen LogP contribution >= 0.6 is 44.3 Å². The summed E-state index contributed by atoms with van der Waals surface area (Å²) in [5, 5.41) is 0. The minimum Gasteiger partial charge on any atom is -0.224 e. The molecule has 234 valence electrons. The van der Waals surface area contributed by atoms with Crippen LogP contribution < -0.4 is 0 Å². The molecule has 4 nitrogen and oxygen atoms in total. The van der Waals surface area contributed by atoms with Crippen LogP contribution in [0, 0.1) is 11.6 Å². The van der Waals surface area contributed by atoms with E-state index in [9.17, 15) is 25.6 Å². The molecule has 0 radical (unpaired) electrons. The molecule has 12 heteroatoms. The predicted molar refractivity (Wildman–Crippen MR) is 188 cm³/mol. The summed E-state index contributed by atoms with van der Waals surface area (Å²) in [5.41, 5.74) is 5.19. The van der Waals surface area contributed by atoms with Gasteiger partial charge in [0.2, 0.25) is 0 Å². The lowest BCUT2D eigenvalue weighted by molar-refractivity contribution is 0.600. The molecule has 46 heavy (non-hydrogen) atoms. The van der Waals surface area contributed by atoms with Crippen LogP contribution in [0.5, 0.6) is 0 Å². The average Bonchev–Trinajstić information content (AvgIpc) is 3.65. The molecule has 6 rings (SSSR count). The minimum absolute atomic E-state index is 0.233. The zero-order chi connectivity index (χ0) is 32.6. The molecule has 0 aliphatic rings. The maximum Gasteiger partial charge on any atom is 0.175 e. The van der Waals surface area contributed by atoms with Crippen LogP contribution in [0.25, 0.3) is 43.1 Å². The number of hydrogen-bond donors (Lipinski definition) is 0. The van der Waals surface area contributed by atoms with Gasteiger partial charge < -0.3 is 0 Å². The molecule has 2 heterocycles.